The van der Waals surface area contributed by atoms with E-state index < -0.39 is 11.6 Å². The molecule has 1 aliphatic rings. The van der Waals surface area contributed by atoms with Crippen molar-refractivity contribution in [3.8, 4) is 5.75 Å². The van der Waals surface area contributed by atoms with E-state index >= 15 is 0 Å². The monoisotopic (exact) mass is 319 g/mol. The van der Waals surface area contributed by atoms with Crippen LogP contribution in [0, 0.1) is 13.8 Å². The standard InChI is InChI=1S/C18H25NO4/c1-11-8-15(14-6-7-19(10-14)13(3)20)9-12(2)16(11)23-18(4,5)17(21)22/h8-9,14H,6-7,10H2,1-5H3,(H,21,22). The minimum atomic E-state index is -1.27. The molecule has 1 heterocycles. The molecule has 0 radical (unpaired) electrons. The third kappa shape index (κ3) is 3.66. The van der Waals surface area contributed by atoms with Crippen molar-refractivity contribution in [2.75, 3.05) is 13.1 Å². The Hall–Kier alpha value is -2.04. The molecule has 126 valence electrons. The SMILES string of the molecule is CC(=O)N1CCC(c2cc(C)c(OC(C)(C)C(=O)O)c(C)c2)C1. The Kier molecular flexibility index (Phi) is 4.68. The first-order valence-electron chi connectivity index (χ1n) is 7.91. The number of carbonyl (C=O) groups is 2. The number of likely N-dealkylation sites (tertiary alicyclic amines) is 1. The van der Waals surface area contributed by atoms with Crippen LogP contribution < -0.4 is 4.74 Å². The van der Waals surface area contributed by atoms with E-state index in [1.54, 1.807) is 20.8 Å². The molecule has 1 fully saturated rings. The second-order valence-corrected chi connectivity index (χ2v) is 6.85. The molecule has 1 unspecified atom stereocenters. The Morgan fingerprint density at radius 3 is 2.26 bits per heavy atom. The van der Waals surface area contributed by atoms with Crippen molar-refractivity contribution >= 4 is 11.9 Å². The van der Waals surface area contributed by atoms with E-state index in [0.29, 0.717) is 11.7 Å². The predicted octanol–water partition coefficient (Wildman–Crippen LogP) is 2.88. The minimum Gasteiger partial charge on any atom is -0.478 e. The molecule has 0 aromatic heterocycles. The maximum Gasteiger partial charge on any atom is 0.347 e. The number of carbonyl (C=O) groups excluding carboxylic acids is 1. The summed E-state index contributed by atoms with van der Waals surface area (Å²) in [6, 6.07) is 4.10. The van der Waals surface area contributed by atoms with Gasteiger partial charge in [-0.1, -0.05) is 12.1 Å². The van der Waals surface area contributed by atoms with E-state index in [1.807, 2.05) is 18.7 Å². The molecule has 23 heavy (non-hydrogen) atoms. The highest BCUT2D eigenvalue weighted by atomic mass is 16.5. The third-order valence-electron chi connectivity index (χ3n) is 4.46. The highest BCUT2D eigenvalue weighted by Crippen LogP contribution is 2.34. The van der Waals surface area contributed by atoms with Gasteiger partial charge in [0.15, 0.2) is 5.60 Å². The summed E-state index contributed by atoms with van der Waals surface area (Å²) in [6.07, 6.45) is 0.958. The number of hydrogen-bond donors (Lipinski definition) is 1. The van der Waals surface area contributed by atoms with Gasteiger partial charge in [-0.2, -0.15) is 0 Å². The number of aliphatic carboxylic acids is 1. The first-order chi connectivity index (χ1) is 10.6. The molecule has 1 aromatic carbocycles. The molecule has 2 rings (SSSR count). The van der Waals surface area contributed by atoms with Gasteiger partial charge in [0.1, 0.15) is 5.75 Å². The lowest BCUT2D eigenvalue weighted by atomic mass is 9.94. The van der Waals surface area contributed by atoms with Gasteiger partial charge in [0.25, 0.3) is 0 Å². The Morgan fingerprint density at radius 1 is 1.26 bits per heavy atom. The zero-order valence-corrected chi connectivity index (χ0v) is 14.5. The summed E-state index contributed by atoms with van der Waals surface area (Å²) in [5.41, 5.74) is 1.77. The highest BCUT2D eigenvalue weighted by Gasteiger charge is 2.31. The van der Waals surface area contributed by atoms with Crippen molar-refractivity contribution < 1.29 is 19.4 Å². The fraction of sp³-hybridized carbons (Fsp3) is 0.556. The molecule has 1 saturated heterocycles. The molecule has 1 N–H and O–H groups in total. The van der Waals surface area contributed by atoms with Crippen LogP contribution in [0.1, 0.15) is 49.8 Å². The van der Waals surface area contributed by atoms with Gasteiger partial charge in [0.05, 0.1) is 0 Å². The van der Waals surface area contributed by atoms with Crippen LogP contribution in [0.25, 0.3) is 0 Å². The zero-order chi connectivity index (χ0) is 17.4. The van der Waals surface area contributed by atoms with Crippen LogP contribution in [0.2, 0.25) is 0 Å². The first kappa shape index (κ1) is 17.3. The topological polar surface area (TPSA) is 66.8 Å². The molecule has 0 saturated carbocycles. The molecule has 0 bridgehead atoms. The van der Waals surface area contributed by atoms with Gasteiger partial charge in [0.2, 0.25) is 5.91 Å². The molecular weight excluding hydrogens is 294 g/mol. The van der Waals surface area contributed by atoms with E-state index in [2.05, 4.69) is 12.1 Å². The van der Waals surface area contributed by atoms with Crippen LogP contribution in [0.15, 0.2) is 12.1 Å². The molecule has 1 aliphatic heterocycles. The highest BCUT2D eigenvalue weighted by molar-refractivity contribution is 5.77. The Bertz CT molecular complexity index is 613. The van der Waals surface area contributed by atoms with Crippen molar-refractivity contribution in [3.63, 3.8) is 0 Å². The average molecular weight is 319 g/mol. The number of ether oxygens (including phenoxy) is 1. The van der Waals surface area contributed by atoms with Gasteiger partial charge in [-0.05, 0) is 50.8 Å². The summed E-state index contributed by atoms with van der Waals surface area (Å²) < 4.78 is 5.74. The van der Waals surface area contributed by atoms with Gasteiger partial charge in [-0.25, -0.2) is 4.79 Å². The molecule has 1 amide bonds. The van der Waals surface area contributed by atoms with Gasteiger partial charge >= 0.3 is 5.97 Å². The lowest BCUT2D eigenvalue weighted by molar-refractivity contribution is -0.152. The number of hydrogen-bond acceptors (Lipinski definition) is 3. The van der Waals surface area contributed by atoms with Crippen molar-refractivity contribution in [1.29, 1.82) is 0 Å². The van der Waals surface area contributed by atoms with Crippen LogP contribution in [-0.2, 0) is 9.59 Å². The molecule has 0 spiro atoms. The summed E-state index contributed by atoms with van der Waals surface area (Å²) in [4.78, 5) is 24.6. The first-order valence-corrected chi connectivity index (χ1v) is 7.91. The number of benzene rings is 1. The summed E-state index contributed by atoms with van der Waals surface area (Å²) in [5.74, 6) is 0.0813. The predicted molar refractivity (Wildman–Crippen MR) is 87.9 cm³/mol. The van der Waals surface area contributed by atoms with Crippen LogP contribution in [0.4, 0.5) is 0 Å². The van der Waals surface area contributed by atoms with Gasteiger partial charge in [-0.15, -0.1) is 0 Å². The zero-order valence-electron chi connectivity index (χ0n) is 14.5. The maximum absolute atomic E-state index is 11.5. The average Bonchev–Trinajstić information content (AvgIpc) is 2.92. The summed E-state index contributed by atoms with van der Waals surface area (Å²) in [5, 5.41) is 9.23. The fourth-order valence-corrected chi connectivity index (χ4v) is 3.00. The van der Waals surface area contributed by atoms with Gasteiger partial charge in [0, 0.05) is 25.9 Å². The summed E-state index contributed by atoms with van der Waals surface area (Å²) >= 11 is 0. The van der Waals surface area contributed by atoms with Crippen molar-refractivity contribution in [2.24, 2.45) is 0 Å². The van der Waals surface area contributed by atoms with E-state index in [-0.39, 0.29) is 5.91 Å². The second-order valence-electron chi connectivity index (χ2n) is 6.85. The van der Waals surface area contributed by atoms with Crippen LogP contribution >= 0.6 is 0 Å². The number of carboxylic acid groups (broad SMARTS) is 1. The van der Waals surface area contributed by atoms with Gasteiger partial charge < -0.3 is 14.7 Å². The van der Waals surface area contributed by atoms with Gasteiger partial charge in [-0.3, -0.25) is 4.79 Å². The molecule has 5 nitrogen and oxygen atoms in total. The molecule has 5 heteroatoms. The lowest BCUT2D eigenvalue weighted by Crippen LogP contribution is -2.38. The van der Waals surface area contributed by atoms with E-state index in [4.69, 9.17) is 4.74 Å². The number of nitrogens with zero attached hydrogens (tertiary/aromatic N) is 1. The minimum absolute atomic E-state index is 0.115. The molecule has 1 atom stereocenters. The number of carboxylic acids is 1. The fourth-order valence-electron chi connectivity index (χ4n) is 3.00. The normalized spacial score (nSPS) is 18.1. The smallest absolute Gasteiger partial charge is 0.347 e. The molecular formula is C18H25NO4. The number of aryl methyl sites for hydroxylation is 2. The quantitative estimate of drug-likeness (QED) is 0.926. The third-order valence-corrected chi connectivity index (χ3v) is 4.46. The Labute approximate surface area is 137 Å². The lowest BCUT2D eigenvalue weighted by Gasteiger charge is -2.25. The molecule has 1 aromatic rings. The van der Waals surface area contributed by atoms with E-state index in [0.717, 1.165) is 30.6 Å². The van der Waals surface area contributed by atoms with Crippen molar-refractivity contribution in [1.82, 2.24) is 4.90 Å². The summed E-state index contributed by atoms with van der Waals surface area (Å²) in [6.45, 7) is 10.1. The van der Waals surface area contributed by atoms with E-state index in [9.17, 15) is 14.7 Å². The van der Waals surface area contributed by atoms with Crippen molar-refractivity contribution in [3.05, 3.63) is 28.8 Å². The number of rotatable bonds is 4. The van der Waals surface area contributed by atoms with Crippen LogP contribution in [-0.4, -0.2) is 40.6 Å². The number of amides is 1. The molecule has 0 aliphatic carbocycles. The van der Waals surface area contributed by atoms with E-state index in [1.165, 1.54) is 5.56 Å². The summed E-state index contributed by atoms with van der Waals surface area (Å²) in [7, 11) is 0. The van der Waals surface area contributed by atoms with Crippen LogP contribution in [0.3, 0.4) is 0 Å². The van der Waals surface area contributed by atoms with Crippen molar-refractivity contribution in [2.45, 2.75) is 52.6 Å². The maximum atomic E-state index is 11.5. The van der Waals surface area contributed by atoms with Crippen LogP contribution in [0.5, 0.6) is 5.75 Å². The largest absolute Gasteiger partial charge is 0.478 e. The Morgan fingerprint density at radius 2 is 1.83 bits per heavy atom. The second kappa shape index (κ2) is 6.22. The Balaban J connectivity index is 2.24.